The molecule has 0 spiro atoms. The highest BCUT2D eigenvalue weighted by Gasteiger charge is 2.31. The number of alkyl halides is 3. The van der Waals surface area contributed by atoms with Crippen LogP contribution in [0.1, 0.15) is 42.6 Å². The van der Waals surface area contributed by atoms with Gasteiger partial charge in [-0.15, -0.1) is 13.2 Å². The van der Waals surface area contributed by atoms with Gasteiger partial charge in [-0.1, -0.05) is 12.8 Å². The summed E-state index contributed by atoms with van der Waals surface area (Å²) in [5.41, 5.74) is 1.68. The number of aryl methyl sites for hydroxylation is 1. The second-order valence-electron chi connectivity index (χ2n) is 8.18. The Labute approximate surface area is 188 Å². The Hall–Kier alpha value is -3.27. The van der Waals surface area contributed by atoms with E-state index in [-0.39, 0.29) is 35.4 Å². The molecule has 10 heteroatoms. The van der Waals surface area contributed by atoms with E-state index in [1.807, 2.05) is 0 Å². The van der Waals surface area contributed by atoms with Crippen molar-refractivity contribution in [1.82, 2.24) is 19.7 Å². The summed E-state index contributed by atoms with van der Waals surface area (Å²) in [5.74, 6) is -0.406. The number of nitrogens with zero attached hydrogens (tertiary/aromatic N) is 4. The number of halogens is 3. The lowest BCUT2D eigenvalue weighted by atomic mass is 9.83. The fourth-order valence-corrected chi connectivity index (χ4v) is 4.00. The number of ketones is 1. The quantitative estimate of drug-likeness (QED) is 0.542. The zero-order chi connectivity index (χ0) is 23.6. The molecule has 1 saturated carbocycles. The summed E-state index contributed by atoms with van der Waals surface area (Å²) in [6, 6.07) is 6.78. The Morgan fingerprint density at radius 2 is 1.88 bits per heavy atom. The van der Waals surface area contributed by atoms with Gasteiger partial charge in [0.2, 0.25) is 0 Å². The molecule has 1 aromatic carbocycles. The molecule has 33 heavy (non-hydrogen) atoms. The number of rotatable bonds is 6. The molecule has 7 nitrogen and oxygen atoms in total. The molecule has 2 heterocycles. The van der Waals surface area contributed by atoms with Crippen LogP contribution in [-0.2, 0) is 7.05 Å². The molecule has 3 aromatic rings. The van der Waals surface area contributed by atoms with Gasteiger partial charge in [-0.2, -0.15) is 5.10 Å². The number of aliphatic hydroxyl groups is 1. The Morgan fingerprint density at radius 3 is 2.52 bits per heavy atom. The number of aromatic nitrogens is 4. The summed E-state index contributed by atoms with van der Waals surface area (Å²) in [7, 11) is 1.74. The summed E-state index contributed by atoms with van der Waals surface area (Å²) < 4.78 is 42.9. The van der Waals surface area contributed by atoms with E-state index in [2.05, 4.69) is 19.8 Å². The van der Waals surface area contributed by atoms with Crippen molar-refractivity contribution in [2.24, 2.45) is 13.0 Å². The van der Waals surface area contributed by atoms with Crippen LogP contribution in [0.15, 0.2) is 42.7 Å². The maximum absolute atomic E-state index is 13.1. The highest BCUT2D eigenvalue weighted by Crippen LogP contribution is 2.30. The number of hydrogen-bond donors (Lipinski definition) is 1. The van der Waals surface area contributed by atoms with Gasteiger partial charge in [-0.05, 0) is 49.1 Å². The number of Topliss-reactive ketones (excluding diaryl/α,β-unsaturated/α-hetero) is 1. The zero-order valence-electron chi connectivity index (χ0n) is 17.9. The van der Waals surface area contributed by atoms with Gasteiger partial charge >= 0.3 is 6.36 Å². The molecule has 0 amide bonds. The predicted molar refractivity (Wildman–Crippen MR) is 113 cm³/mol. The Morgan fingerprint density at radius 1 is 1.15 bits per heavy atom. The second-order valence-corrected chi connectivity index (χ2v) is 8.18. The van der Waals surface area contributed by atoms with E-state index < -0.39 is 12.5 Å². The smallest absolute Gasteiger partial charge is 0.406 e. The largest absolute Gasteiger partial charge is 0.573 e. The molecule has 0 aliphatic heterocycles. The van der Waals surface area contributed by atoms with E-state index in [4.69, 9.17) is 0 Å². The minimum atomic E-state index is -4.78. The molecule has 0 bridgehead atoms. The minimum Gasteiger partial charge on any atom is -0.406 e. The molecule has 1 N–H and O–H groups in total. The first-order valence-corrected chi connectivity index (χ1v) is 10.6. The number of carbonyl (C=O) groups is 1. The predicted octanol–water partition coefficient (Wildman–Crippen LogP) is 4.57. The molecule has 1 aliphatic carbocycles. The maximum Gasteiger partial charge on any atom is 0.573 e. The van der Waals surface area contributed by atoms with Gasteiger partial charge in [0.25, 0.3) is 0 Å². The van der Waals surface area contributed by atoms with E-state index in [1.54, 1.807) is 24.1 Å². The van der Waals surface area contributed by atoms with Crippen molar-refractivity contribution in [3.8, 4) is 28.4 Å². The monoisotopic (exact) mass is 460 g/mol. The van der Waals surface area contributed by atoms with Gasteiger partial charge in [0.1, 0.15) is 11.4 Å². The molecule has 0 radical (unpaired) electrons. The summed E-state index contributed by atoms with van der Waals surface area (Å²) in [6.07, 6.45) is 1.52. The van der Waals surface area contributed by atoms with E-state index in [9.17, 15) is 23.1 Å². The second kappa shape index (κ2) is 9.30. The van der Waals surface area contributed by atoms with Crippen molar-refractivity contribution >= 4 is 5.78 Å². The first-order valence-electron chi connectivity index (χ1n) is 10.6. The van der Waals surface area contributed by atoms with Crippen LogP contribution in [-0.4, -0.2) is 43.1 Å². The Kier molecular flexibility index (Phi) is 6.46. The van der Waals surface area contributed by atoms with Crippen molar-refractivity contribution in [2.45, 2.75) is 44.6 Å². The summed E-state index contributed by atoms with van der Waals surface area (Å²) in [6.45, 7) is 0. The molecule has 1 aliphatic rings. The summed E-state index contributed by atoms with van der Waals surface area (Å²) in [4.78, 5) is 22.0. The van der Waals surface area contributed by atoms with E-state index in [0.29, 0.717) is 23.2 Å². The number of hydrogen-bond acceptors (Lipinski definition) is 6. The molecule has 0 saturated heterocycles. The SMILES string of the molecule is Cn1cc(-c2nc(C(=O)C[C@H]3CCCC[C@@H]3O)cc(-c3ccc(OC(F)(F)F)cc3)n2)cn1. The third-order valence-electron chi connectivity index (χ3n) is 5.68. The molecule has 1 fully saturated rings. The van der Waals surface area contributed by atoms with Crippen molar-refractivity contribution in [2.75, 3.05) is 0 Å². The van der Waals surface area contributed by atoms with Crippen LogP contribution in [0.5, 0.6) is 5.75 Å². The Bertz CT molecular complexity index is 1130. The van der Waals surface area contributed by atoms with Crippen molar-refractivity contribution in [3.05, 3.63) is 48.4 Å². The maximum atomic E-state index is 13.1. The summed E-state index contributed by atoms with van der Waals surface area (Å²) in [5, 5.41) is 14.4. The first-order chi connectivity index (χ1) is 15.7. The van der Waals surface area contributed by atoms with Crippen molar-refractivity contribution in [1.29, 1.82) is 0 Å². The van der Waals surface area contributed by atoms with Crippen LogP contribution in [0.3, 0.4) is 0 Å². The van der Waals surface area contributed by atoms with Crippen LogP contribution in [0.25, 0.3) is 22.6 Å². The third-order valence-corrected chi connectivity index (χ3v) is 5.68. The van der Waals surface area contributed by atoms with Gasteiger partial charge in [0.05, 0.1) is 23.6 Å². The van der Waals surface area contributed by atoms with Crippen molar-refractivity contribution in [3.63, 3.8) is 0 Å². The van der Waals surface area contributed by atoms with Gasteiger partial charge in [0.15, 0.2) is 11.6 Å². The van der Waals surface area contributed by atoms with Gasteiger partial charge < -0.3 is 9.84 Å². The first kappa shape index (κ1) is 22.9. The highest BCUT2D eigenvalue weighted by molar-refractivity contribution is 5.95. The molecule has 2 aromatic heterocycles. The number of carbonyl (C=O) groups excluding carboxylic acids is 1. The molecule has 2 atom stereocenters. The molecule has 174 valence electrons. The van der Waals surface area contributed by atoms with Crippen LogP contribution in [0.2, 0.25) is 0 Å². The third kappa shape index (κ3) is 5.75. The van der Waals surface area contributed by atoms with E-state index in [1.165, 1.54) is 30.3 Å². The fourth-order valence-electron chi connectivity index (χ4n) is 4.00. The molecular weight excluding hydrogens is 437 g/mol. The minimum absolute atomic E-state index is 0.120. The summed E-state index contributed by atoms with van der Waals surface area (Å²) >= 11 is 0. The normalized spacial score (nSPS) is 18.8. The van der Waals surface area contributed by atoms with Crippen LogP contribution in [0.4, 0.5) is 13.2 Å². The number of ether oxygens (including phenoxy) is 1. The van der Waals surface area contributed by atoms with E-state index >= 15 is 0 Å². The van der Waals surface area contributed by atoms with Gasteiger partial charge in [0, 0.05) is 25.2 Å². The van der Waals surface area contributed by atoms with Crippen LogP contribution in [0, 0.1) is 5.92 Å². The van der Waals surface area contributed by atoms with Gasteiger partial charge in [-0.3, -0.25) is 9.48 Å². The average molecular weight is 460 g/mol. The molecule has 4 rings (SSSR count). The lowest BCUT2D eigenvalue weighted by molar-refractivity contribution is -0.274. The lowest BCUT2D eigenvalue weighted by Crippen LogP contribution is -2.27. The fraction of sp³-hybridized carbons (Fsp3) is 0.391. The highest BCUT2D eigenvalue weighted by atomic mass is 19.4. The van der Waals surface area contributed by atoms with Gasteiger partial charge in [-0.25, -0.2) is 9.97 Å². The number of benzene rings is 1. The topological polar surface area (TPSA) is 90.1 Å². The van der Waals surface area contributed by atoms with Crippen LogP contribution >= 0.6 is 0 Å². The molecular formula is C23H23F3N4O3. The average Bonchev–Trinajstić information content (AvgIpc) is 3.21. The number of aliphatic hydroxyl groups excluding tert-OH is 1. The van der Waals surface area contributed by atoms with Crippen LogP contribution < -0.4 is 4.74 Å². The van der Waals surface area contributed by atoms with E-state index in [0.717, 1.165) is 19.3 Å². The standard InChI is InChI=1S/C23H23F3N4O3/c1-30-13-16(12-27-30)22-28-18(14-6-8-17(9-7-14)33-23(24,25)26)11-19(29-22)21(32)10-15-4-2-3-5-20(15)31/h6-9,11-13,15,20,31H,2-5,10H2,1H3/t15-,20+/m1/s1. The van der Waals surface area contributed by atoms with Crippen molar-refractivity contribution < 1.29 is 27.8 Å². The zero-order valence-corrected chi connectivity index (χ0v) is 17.9. The lowest BCUT2D eigenvalue weighted by Gasteiger charge is -2.26. The Balaban J connectivity index is 1.67. The molecule has 0 unspecified atom stereocenters.